The Bertz CT molecular complexity index is 248. The summed E-state index contributed by atoms with van der Waals surface area (Å²) in [5.74, 6) is 0.738. The Kier molecular flexibility index (Phi) is 5.91. The number of hydrogen-bond acceptors (Lipinski definition) is 2. The second-order valence-corrected chi connectivity index (χ2v) is 4.47. The summed E-state index contributed by atoms with van der Waals surface area (Å²) in [5.41, 5.74) is 0. The quantitative estimate of drug-likeness (QED) is 0.591. The Balaban J connectivity index is 2.15. The third-order valence-electron chi connectivity index (χ3n) is 1.95. The number of halogens is 1. The molecule has 0 bridgehead atoms. The lowest BCUT2D eigenvalue weighted by Gasteiger charge is -2.04. The lowest BCUT2D eigenvalue weighted by molar-refractivity contribution is 0.294. The first-order valence-electron chi connectivity index (χ1n) is 5.07. The molecule has 1 heterocycles. The molecule has 78 valence electrons. The summed E-state index contributed by atoms with van der Waals surface area (Å²) in [5, 5.41) is 0. The van der Waals surface area contributed by atoms with Crippen LogP contribution in [-0.2, 0) is 0 Å². The van der Waals surface area contributed by atoms with Crippen molar-refractivity contribution < 1.29 is 4.74 Å². The van der Waals surface area contributed by atoms with Gasteiger partial charge in [0.1, 0.15) is 0 Å². The molecule has 0 saturated carbocycles. The number of ether oxygens (including phenoxy) is 1. The van der Waals surface area contributed by atoms with Crippen molar-refractivity contribution in [2.75, 3.05) is 6.61 Å². The van der Waals surface area contributed by atoms with E-state index in [9.17, 15) is 0 Å². The summed E-state index contributed by atoms with van der Waals surface area (Å²) in [6.07, 6.45) is 6.76. The molecule has 0 atom stereocenters. The van der Waals surface area contributed by atoms with Crippen LogP contribution in [0.1, 0.15) is 32.6 Å². The molecular weight excluding hydrogens is 289 g/mol. The lowest BCUT2D eigenvalue weighted by atomic mass is 10.2. The molecule has 1 aromatic heterocycles. The van der Waals surface area contributed by atoms with Crippen molar-refractivity contribution in [2.45, 2.75) is 32.6 Å². The highest BCUT2D eigenvalue weighted by Gasteiger charge is 1.94. The van der Waals surface area contributed by atoms with Crippen molar-refractivity contribution >= 4 is 22.6 Å². The number of aromatic nitrogens is 1. The van der Waals surface area contributed by atoms with E-state index in [4.69, 9.17) is 4.74 Å². The average molecular weight is 305 g/mol. The van der Waals surface area contributed by atoms with Gasteiger partial charge >= 0.3 is 0 Å². The highest BCUT2D eigenvalue weighted by molar-refractivity contribution is 14.1. The molecule has 0 aliphatic heterocycles. The van der Waals surface area contributed by atoms with Gasteiger partial charge < -0.3 is 4.74 Å². The van der Waals surface area contributed by atoms with Gasteiger partial charge in [-0.2, -0.15) is 0 Å². The number of hydrogen-bond donors (Lipinski definition) is 0. The van der Waals surface area contributed by atoms with Crippen molar-refractivity contribution in [2.24, 2.45) is 0 Å². The van der Waals surface area contributed by atoms with E-state index < -0.39 is 0 Å². The first-order valence-corrected chi connectivity index (χ1v) is 6.15. The van der Waals surface area contributed by atoms with E-state index in [-0.39, 0.29) is 0 Å². The van der Waals surface area contributed by atoms with Gasteiger partial charge in [-0.1, -0.05) is 26.2 Å². The first kappa shape index (κ1) is 11.8. The third-order valence-corrected chi connectivity index (χ3v) is 2.59. The summed E-state index contributed by atoms with van der Waals surface area (Å²) < 4.78 is 6.63. The molecule has 0 saturated heterocycles. The summed E-state index contributed by atoms with van der Waals surface area (Å²) in [6, 6.07) is 3.93. The standard InChI is InChI=1S/C11H16INO/c1-2-3-4-5-8-14-11-7-6-10(12)9-13-11/h6-7,9H,2-5,8H2,1H3. The maximum Gasteiger partial charge on any atom is 0.213 e. The molecule has 2 nitrogen and oxygen atoms in total. The van der Waals surface area contributed by atoms with Crippen LogP contribution in [0.3, 0.4) is 0 Å². The van der Waals surface area contributed by atoms with E-state index in [1.54, 1.807) is 0 Å². The van der Waals surface area contributed by atoms with Crippen molar-refractivity contribution in [3.63, 3.8) is 0 Å². The van der Waals surface area contributed by atoms with Crippen LogP contribution in [0.5, 0.6) is 5.88 Å². The summed E-state index contributed by atoms with van der Waals surface area (Å²) in [4.78, 5) is 4.17. The van der Waals surface area contributed by atoms with Gasteiger partial charge in [0.05, 0.1) is 6.61 Å². The van der Waals surface area contributed by atoms with Gasteiger partial charge in [0, 0.05) is 15.8 Å². The molecule has 3 heteroatoms. The summed E-state index contributed by atoms with van der Waals surface area (Å²) in [6.45, 7) is 3.00. The molecule has 1 rings (SSSR count). The van der Waals surface area contributed by atoms with Gasteiger partial charge in [-0.3, -0.25) is 0 Å². The van der Waals surface area contributed by atoms with Crippen LogP contribution < -0.4 is 4.74 Å². The molecular formula is C11H16INO. The van der Waals surface area contributed by atoms with E-state index in [0.717, 1.165) is 22.5 Å². The number of pyridine rings is 1. The van der Waals surface area contributed by atoms with Gasteiger partial charge in [-0.15, -0.1) is 0 Å². The van der Waals surface area contributed by atoms with Crippen molar-refractivity contribution in [3.05, 3.63) is 21.9 Å². The monoisotopic (exact) mass is 305 g/mol. The van der Waals surface area contributed by atoms with E-state index in [1.165, 1.54) is 19.3 Å². The van der Waals surface area contributed by atoms with Gasteiger partial charge in [0.25, 0.3) is 0 Å². The first-order chi connectivity index (χ1) is 6.83. The molecule has 0 fully saturated rings. The zero-order valence-electron chi connectivity index (χ0n) is 8.50. The van der Waals surface area contributed by atoms with Crippen LogP contribution in [0.2, 0.25) is 0 Å². The van der Waals surface area contributed by atoms with Crippen molar-refractivity contribution in [1.29, 1.82) is 0 Å². The fourth-order valence-corrected chi connectivity index (χ4v) is 1.47. The predicted octanol–water partition coefficient (Wildman–Crippen LogP) is 3.65. The van der Waals surface area contributed by atoms with Crippen molar-refractivity contribution in [1.82, 2.24) is 4.98 Å². The van der Waals surface area contributed by atoms with Gasteiger partial charge in [0.15, 0.2) is 0 Å². The normalized spacial score (nSPS) is 10.1. The zero-order chi connectivity index (χ0) is 10.2. The van der Waals surface area contributed by atoms with Crippen LogP contribution in [0.4, 0.5) is 0 Å². The maximum atomic E-state index is 5.49. The Hall–Kier alpha value is -0.320. The Morgan fingerprint density at radius 1 is 1.29 bits per heavy atom. The van der Waals surface area contributed by atoms with Crippen LogP contribution in [-0.4, -0.2) is 11.6 Å². The SMILES string of the molecule is CCCCCCOc1ccc(I)cn1. The lowest BCUT2D eigenvalue weighted by Crippen LogP contribution is -1.98. The fraction of sp³-hybridized carbons (Fsp3) is 0.545. The van der Waals surface area contributed by atoms with Gasteiger partial charge in [-0.05, 0) is 35.1 Å². The molecule has 0 radical (unpaired) electrons. The molecule has 0 amide bonds. The minimum atomic E-state index is 0.738. The number of unbranched alkanes of at least 4 members (excludes halogenated alkanes) is 3. The van der Waals surface area contributed by atoms with Crippen LogP contribution in [0.25, 0.3) is 0 Å². The van der Waals surface area contributed by atoms with Gasteiger partial charge in [0.2, 0.25) is 5.88 Å². The van der Waals surface area contributed by atoms with E-state index in [2.05, 4.69) is 34.5 Å². The molecule has 0 spiro atoms. The minimum Gasteiger partial charge on any atom is -0.478 e. The highest BCUT2D eigenvalue weighted by Crippen LogP contribution is 2.09. The minimum absolute atomic E-state index is 0.738. The Morgan fingerprint density at radius 3 is 2.79 bits per heavy atom. The smallest absolute Gasteiger partial charge is 0.213 e. The second kappa shape index (κ2) is 7.04. The molecule has 1 aromatic rings. The van der Waals surface area contributed by atoms with Crippen molar-refractivity contribution in [3.8, 4) is 5.88 Å². The summed E-state index contributed by atoms with van der Waals surface area (Å²) in [7, 11) is 0. The highest BCUT2D eigenvalue weighted by atomic mass is 127. The largest absolute Gasteiger partial charge is 0.478 e. The molecule has 0 N–H and O–H groups in total. The Morgan fingerprint density at radius 2 is 2.14 bits per heavy atom. The van der Waals surface area contributed by atoms with Crippen LogP contribution in [0, 0.1) is 3.57 Å². The maximum absolute atomic E-state index is 5.49. The van der Waals surface area contributed by atoms with E-state index in [1.807, 2.05) is 18.3 Å². The molecule has 0 aromatic carbocycles. The zero-order valence-corrected chi connectivity index (χ0v) is 10.7. The summed E-state index contributed by atoms with van der Waals surface area (Å²) >= 11 is 2.23. The Labute approximate surface area is 99.2 Å². The number of rotatable bonds is 6. The molecule has 14 heavy (non-hydrogen) atoms. The number of nitrogens with zero attached hydrogens (tertiary/aromatic N) is 1. The third kappa shape index (κ3) is 4.79. The van der Waals surface area contributed by atoms with Crippen LogP contribution >= 0.6 is 22.6 Å². The average Bonchev–Trinajstić information content (AvgIpc) is 2.21. The topological polar surface area (TPSA) is 22.1 Å². The van der Waals surface area contributed by atoms with E-state index in [0.29, 0.717) is 0 Å². The van der Waals surface area contributed by atoms with Crippen LogP contribution in [0.15, 0.2) is 18.3 Å². The van der Waals surface area contributed by atoms with E-state index >= 15 is 0 Å². The molecule has 0 aliphatic carbocycles. The van der Waals surface area contributed by atoms with Gasteiger partial charge in [-0.25, -0.2) is 4.98 Å². The predicted molar refractivity (Wildman–Crippen MR) is 66.6 cm³/mol. The fourth-order valence-electron chi connectivity index (χ4n) is 1.15. The second-order valence-electron chi connectivity index (χ2n) is 3.22. The molecule has 0 aliphatic rings. The molecule has 0 unspecified atom stereocenters.